The first-order valence-electron chi connectivity index (χ1n) is 8.86. The minimum atomic E-state index is -1.07. The molecule has 146 valence electrons. The van der Waals surface area contributed by atoms with Crippen molar-refractivity contribution in [2.24, 2.45) is 0 Å². The Bertz CT molecular complexity index is 1370. The highest BCUT2D eigenvalue weighted by atomic mass is 19.1. The molecule has 2 heterocycles. The molecule has 1 aliphatic heterocycles. The van der Waals surface area contributed by atoms with E-state index in [1.54, 1.807) is 30.5 Å². The van der Waals surface area contributed by atoms with Gasteiger partial charge >= 0.3 is 11.9 Å². The fourth-order valence-corrected chi connectivity index (χ4v) is 3.24. The van der Waals surface area contributed by atoms with Gasteiger partial charge in [0.15, 0.2) is 17.0 Å². The molecule has 2 aromatic carbocycles. The number of halogens is 2. The van der Waals surface area contributed by atoms with Gasteiger partial charge in [-0.15, -0.1) is 4.90 Å². The van der Waals surface area contributed by atoms with Gasteiger partial charge in [-0.05, 0) is 30.3 Å². The van der Waals surface area contributed by atoms with Gasteiger partial charge in [-0.2, -0.15) is 9.37 Å². The Kier molecular flexibility index (Phi) is 4.68. The molecule has 5 nitrogen and oxygen atoms in total. The number of nitrogens with zero attached hydrogens (tertiary/aromatic N) is 3. The molecular formula is C23H14F2N3O2+. The Labute approximate surface area is 170 Å². The molecule has 3 amide bonds. The molecule has 1 aromatic heterocycles. The van der Waals surface area contributed by atoms with Gasteiger partial charge < -0.3 is 0 Å². The Morgan fingerprint density at radius 1 is 1.03 bits per heavy atom. The number of carbonyl (C=O) groups excluding carboxylic acids is 2. The van der Waals surface area contributed by atoms with E-state index >= 15 is 0 Å². The fraction of sp³-hybridized carbons (Fsp3) is 0.0435. The van der Waals surface area contributed by atoms with Crippen molar-refractivity contribution in [2.75, 3.05) is 11.9 Å². The second-order valence-corrected chi connectivity index (χ2v) is 6.58. The van der Waals surface area contributed by atoms with Crippen LogP contribution in [0.1, 0.15) is 21.5 Å². The fourth-order valence-electron chi connectivity index (χ4n) is 3.24. The lowest BCUT2D eigenvalue weighted by atomic mass is 10.1. The Morgan fingerprint density at radius 2 is 1.73 bits per heavy atom. The van der Waals surface area contributed by atoms with E-state index in [0.29, 0.717) is 21.0 Å². The molecular weight excluding hydrogens is 388 g/mol. The third-order valence-electron chi connectivity index (χ3n) is 4.62. The molecule has 30 heavy (non-hydrogen) atoms. The van der Waals surface area contributed by atoms with Gasteiger partial charge in [0.05, 0.1) is 7.05 Å². The molecule has 0 aliphatic carbocycles. The minimum Gasteiger partial charge on any atom is -0.263 e. The van der Waals surface area contributed by atoms with Gasteiger partial charge in [-0.1, -0.05) is 30.6 Å². The SMILES string of the molecule is C=c1cccc2c1=[N+](C)C(=O)N(c1c(F)cc(C#Cc3cccnc3)cc1F)C2=O. The van der Waals surface area contributed by atoms with Crippen LogP contribution in [-0.2, 0) is 0 Å². The molecule has 0 bridgehead atoms. The molecule has 0 spiro atoms. The average Bonchev–Trinajstić information content (AvgIpc) is 2.73. The summed E-state index contributed by atoms with van der Waals surface area (Å²) in [6.07, 6.45) is 3.10. The van der Waals surface area contributed by atoms with Crippen molar-refractivity contribution in [3.05, 3.63) is 93.8 Å². The van der Waals surface area contributed by atoms with Gasteiger partial charge in [-0.25, -0.2) is 13.6 Å². The van der Waals surface area contributed by atoms with Crippen LogP contribution in [0.4, 0.5) is 19.3 Å². The summed E-state index contributed by atoms with van der Waals surface area (Å²) in [6.45, 7) is 3.81. The topological polar surface area (TPSA) is 53.3 Å². The Balaban J connectivity index is 1.80. The second kappa shape index (κ2) is 7.33. The predicted octanol–water partition coefficient (Wildman–Crippen LogP) is 2.07. The predicted molar refractivity (Wildman–Crippen MR) is 107 cm³/mol. The van der Waals surface area contributed by atoms with Crippen molar-refractivity contribution in [1.29, 1.82) is 0 Å². The summed E-state index contributed by atoms with van der Waals surface area (Å²) < 4.78 is 30.9. The normalized spacial score (nSPS) is 13.0. The molecule has 3 aromatic rings. The van der Waals surface area contributed by atoms with Crippen LogP contribution in [0.25, 0.3) is 6.58 Å². The zero-order valence-electron chi connectivity index (χ0n) is 15.8. The number of hydrogen-bond acceptors (Lipinski definition) is 3. The van der Waals surface area contributed by atoms with Crippen molar-refractivity contribution < 1.29 is 18.4 Å². The van der Waals surface area contributed by atoms with Gasteiger partial charge in [-0.3, -0.25) is 4.98 Å². The number of anilines is 1. The van der Waals surface area contributed by atoms with Crippen LogP contribution in [0.5, 0.6) is 0 Å². The van der Waals surface area contributed by atoms with Crippen LogP contribution in [0.3, 0.4) is 0 Å². The van der Waals surface area contributed by atoms with E-state index in [2.05, 4.69) is 23.4 Å². The number of pyridine rings is 1. The monoisotopic (exact) mass is 402 g/mol. The molecule has 0 radical (unpaired) electrons. The van der Waals surface area contributed by atoms with Crippen molar-refractivity contribution in [3.8, 4) is 11.8 Å². The number of carbonyl (C=O) groups is 2. The lowest BCUT2D eigenvalue weighted by Crippen LogP contribution is -2.58. The zero-order chi connectivity index (χ0) is 21.4. The number of fused-ring (bicyclic) bond motifs is 1. The summed E-state index contributed by atoms with van der Waals surface area (Å²) in [6, 6.07) is 9.18. The largest absolute Gasteiger partial charge is 0.506 e. The molecule has 0 saturated heterocycles. The van der Waals surface area contributed by atoms with E-state index < -0.39 is 29.3 Å². The number of benzene rings is 2. The first-order chi connectivity index (χ1) is 14.4. The summed E-state index contributed by atoms with van der Waals surface area (Å²) in [5.74, 6) is 2.42. The Hall–Kier alpha value is -4.18. The molecule has 0 saturated carbocycles. The number of urea groups is 1. The molecule has 0 unspecified atom stereocenters. The van der Waals surface area contributed by atoms with Crippen molar-refractivity contribution in [3.63, 3.8) is 0 Å². The highest BCUT2D eigenvalue weighted by Crippen LogP contribution is 2.27. The quantitative estimate of drug-likeness (QED) is 0.463. The zero-order valence-corrected chi connectivity index (χ0v) is 15.8. The van der Waals surface area contributed by atoms with Gasteiger partial charge in [0.2, 0.25) is 5.69 Å². The molecule has 1 aliphatic rings. The van der Waals surface area contributed by atoms with Gasteiger partial charge in [0.25, 0.3) is 0 Å². The standard InChI is InChI=1S/C23H14F2N3O2/c1-14-5-3-7-17-20(14)27(2)23(30)28(22(17)29)21-18(24)11-16(12-19(21)25)9-8-15-6-4-10-26-13-15/h3-7,10-13H,1H2,2H3/q+1. The van der Waals surface area contributed by atoms with E-state index in [1.165, 1.54) is 19.3 Å². The maximum atomic E-state index is 14.9. The highest BCUT2D eigenvalue weighted by molar-refractivity contribution is 6.22. The molecule has 4 rings (SSSR count). The number of aromatic nitrogens is 1. The van der Waals surface area contributed by atoms with Crippen LogP contribution in [0.15, 0.2) is 54.9 Å². The van der Waals surface area contributed by atoms with Crippen molar-refractivity contribution in [1.82, 2.24) is 9.56 Å². The van der Waals surface area contributed by atoms with Crippen molar-refractivity contribution >= 4 is 24.2 Å². The van der Waals surface area contributed by atoms with Crippen LogP contribution in [-0.4, -0.2) is 24.0 Å². The lowest BCUT2D eigenvalue weighted by molar-refractivity contribution is 0.0984. The Morgan fingerprint density at radius 3 is 2.40 bits per heavy atom. The summed E-state index contributed by atoms with van der Waals surface area (Å²) in [7, 11) is 1.42. The number of para-hydroxylation sites is 1. The van der Waals surface area contributed by atoms with E-state index in [0.717, 1.165) is 16.7 Å². The molecule has 0 atom stereocenters. The smallest absolute Gasteiger partial charge is 0.263 e. The van der Waals surface area contributed by atoms with Crippen LogP contribution >= 0.6 is 0 Å². The summed E-state index contributed by atoms with van der Waals surface area (Å²) in [5, 5.41) is 0.766. The lowest BCUT2D eigenvalue weighted by Gasteiger charge is -2.19. The van der Waals surface area contributed by atoms with Gasteiger partial charge in [0.1, 0.15) is 5.56 Å². The number of hydrogen-bond donors (Lipinski definition) is 0. The van der Waals surface area contributed by atoms with Crippen LogP contribution < -0.4 is 20.1 Å². The van der Waals surface area contributed by atoms with E-state index in [1.807, 2.05) is 0 Å². The van der Waals surface area contributed by atoms with Crippen molar-refractivity contribution in [2.45, 2.75) is 0 Å². The van der Waals surface area contributed by atoms with E-state index in [-0.39, 0.29) is 11.1 Å². The summed E-state index contributed by atoms with van der Waals surface area (Å²) in [4.78, 5) is 30.1. The van der Waals surface area contributed by atoms with E-state index in [4.69, 9.17) is 0 Å². The molecule has 0 fully saturated rings. The number of rotatable bonds is 1. The first kappa shape index (κ1) is 19.2. The molecule has 0 N–H and O–H groups in total. The number of imide groups is 1. The maximum absolute atomic E-state index is 14.9. The first-order valence-corrected chi connectivity index (χ1v) is 8.86. The van der Waals surface area contributed by atoms with Crippen LogP contribution in [0.2, 0.25) is 0 Å². The van der Waals surface area contributed by atoms with Crippen LogP contribution in [0, 0.1) is 23.5 Å². The second-order valence-electron chi connectivity index (χ2n) is 6.58. The van der Waals surface area contributed by atoms with E-state index in [9.17, 15) is 18.4 Å². The number of amides is 3. The summed E-state index contributed by atoms with van der Waals surface area (Å²) in [5.41, 5.74) is 0.0158. The maximum Gasteiger partial charge on any atom is 0.506 e. The summed E-state index contributed by atoms with van der Waals surface area (Å²) >= 11 is 0. The third-order valence-corrected chi connectivity index (χ3v) is 4.62. The highest BCUT2D eigenvalue weighted by Gasteiger charge is 2.44. The third kappa shape index (κ3) is 3.14. The van der Waals surface area contributed by atoms with Gasteiger partial charge in [0, 0.05) is 28.7 Å². The minimum absolute atomic E-state index is 0.0586. The molecule has 7 heteroatoms. The average molecular weight is 402 g/mol.